The van der Waals surface area contributed by atoms with Crippen molar-refractivity contribution in [3.8, 4) is 22.6 Å². The van der Waals surface area contributed by atoms with E-state index >= 15 is 0 Å². The maximum absolute atomic E-state index is 14.0. The SMILES string of the molecule is O=S(=O)(NCCNc1nccc(-c2c(-c3cccc(F)c3)nc3sccn23)n1)c1cccc2ccccc12. The quantitative estimate of drug-likeness (QED) is 0.255. The normalized spacial score (nSPS) is 11.8. The molecule has 38 heavy (non-hydrogen) atoms. The van der Waals surface area contributed by atoms with Crippen molar-refractivity contribution in [2.75, 3.05) is 18.4 Å². The van der Waals surface area contributed by atoms with Gasteiger partial charge in [0.25, 0.3) is 0 Å². The Balaban J connectivity index is 1.21. The van der Waals surface area contributed by atoms with Gasteiger partial charge in [-0.15, -0.1) is 11.3 Å². The number of aromatic nitrogens is 4. The lowest BCUT2D eigenvalue weighted by Crippen LogP contribution is -2.29. The highest BCUT2D eigenvalue weighted by atomic mass is 32.2. The Bertz CT molecular complexity index is 1880. The molecule has 6 rings (SSSR count). The average Bonchev–Trinajstić information content (AvgIpc) is 3.53. The number of sulfonamides is 1. The summed E-state index contributed by atoms with van der Waals surface area (Å²) in [5.74, 6) is -0.0111. The second-order valence-electron chi connectivity index (χ2n) is 8.44. The van der Waals surface area contributed by atoms with Gasteiger partial charge in [-0.2, -0.15) is 0 Å². The van der Waals surface area contributed by atoms with Gasteiger partial charge in [-0.05, 0) is 29.7 Å². The summed E-state index contributed by atoms with van der Waals surface area (Å²) >= 11 is 1.47. The van der Waals surface area contributed by atoms with Crippen LogP contribution in [0.25, 0.3) is 38.4 Å². The molecule has 3 aromatic carbocycles. The highest BCUT2D eigenvalue weighted by Crippen LogP contribution is 2.33. The largest absolute Gasteiger partial charge is 0.353 e. The van der Waals surface area contributed by atoms with Crippen LogP contribution in [0.1, 0.15) is 0 Å². The number of benzene rings is 3. The van der Waals surface area contributed by atoms with Crippen LogP contribution >= 0.6 is 11.3 Å². The van der Waals surface area contributed by atoms with Crippen LogP contribution in [0.15, 0.2) is 95.5 Å². The third-order valence-electron chi connectivity index (χ3n) is 6.00. The summed E-state index contributed by atoms with van der Waals surface area (Å²) in [6.07, 6.45) is 3.51. The van der Waals surface area contributed by atoms with E-state index < -0.39 is 10.0 Å². The van der Waals surface area contributed by atoms with Crippen LogP contribution in [0.5, 0.6) is 0 Å². The molecule has 3 aromatic heterocycles. The van der Waals surface area contributed by atoms with Gasteiger partial charge in [-0.25, -0.2) is 32.5 Å². The molecule has 0 spiro atoms. The van der Waals surface area contributed by atoms with E-state index in [9.17, 15) is 12.8 Å². The van der Waals surface area contributed by atoms with Crippen molar-refractivity contribution in [1.29, 1.82) is 0 Å². The Hall–Kier alpha value is -4.19. The fourth-order valence-corrected chi connectivity index (χ4v) is 6.28. The lowest BCUT2D eigenvalue weighted by atomic mass is 10.1. The van der Waals surface area contributed by atoms with E-state index in [2.05, 4.69) is 20.0 Å². The minimum Gasteiger partial charge on any atom is -0.353 e. The van der Waals surface area contributed by atoms with E-state index in [-0.39, 0.29) is 23.8 Å². The summed E-state index contributed by atoms with van der Waals surface area (Å²) in [6, 6.07) is 20.6. The minimum atomic E-state index is -3.71. The maximum Gasteiger partial charge on any atom is 0.241 e. The molecule has 0 amide bonds. The fourth-order valence-electron chi connectivity index (χ4n) is 4.31. The number of halogens is 1. The van der Waals surface area contributed by atoms with Gasteiger partial charge >= 0.3 is 0 Å². The number of fused-ring (bicyclic) bond motifs is 2. The number of anilines is 1. The molecule has 6 aromatic rings. The van der Waals surface area contributed by atoms with Crippen molar-refractivity contribution in [3.63, 3.8) is 0 Å². The smallest absolute Gasteiger partial charge is 0.241 e. The Morgan fingerprint density at radius 3 is 2.68 bits per heavy atom. The van der Waals surface area contributed by atoms with Crippen LogP contribution in [-0.2, 0) is 10.0 Å². The third-order valence-corrected chi connectivity index (χ3v) is 8.27. The first-order valence-electron chi connectivity index (χ1n) is 11.8. The molecule has 0 fully saturated rings. The molecule has 2 N–H and O–H groups in total. The van der Waals surface area contributed by atoms with E-state index in [1.54, 1.807) is 42.6 Å². The number of hydrogen-bond donors (Lipinski definition) is 2. The topological polar surface area (TPSA) is 101 Å². The molecule has 0 atom stereocenters. The zero-order chi connectivity index (χ0) is 26.1. The van der Waals surface area contributed by atoms with Crippen LogP contribution in [0, 0.1) is 5.82 Å². The average molecular weight is 545 g/mol. The van der Waals surface area contributed by atoms with Gasteiger partial charge in [0, 0.05) is 41.8 Å². The highest BCUT2D eigenvalue weighted by Gasteiger charge is 2.19. The van der Waals surface area contributed by atoms with Crippen LogP contribution in [0.2, 0.25) is 0 Å². The third kappa shape index (κ3) is 4.62. The van der Waals surface area contributed by atoms with E-state index in [0.29, 0.717) is 34.0 Å². The van der Waals surface area contributed by atoms with Crippen molar-refractivity contribution in [2.24, 2.45) is 0 Å². The highest BCUT2D eigenvalue weighted by molar-refractivity contribution is 7.89. The number of nitrogens with one attached hydrogen (secondary N) is 2. The summed E-state index contributed by atoms with van der Waals surface area (Å²) < 4.78 is 44.4. The molecule has 190 valence electrons. The van der Waals surface area contributed by atoms with E-state index in [4.69, 9.17) is 4.98 Å². The zero-order valence-corrected chi connectivity index (χ0v) is 21.5. The lowest BCUT2D eigenvalue weighted by molar-refractivity contribution is 0.583. The van der Waals surface area contributed by atoms with Crippen molar-refractivity contribution in [2.45, 2.75) is 4.90 Å². The lowest BCUT2D eigenvalue weighted by Gasteiger charge is -2.11. The number of nitrogens with zero attached hydrogens (tertiary/aromatic N) is 4. The maximum atomic E-state index is 14.0. The number of hydrogen-bond acceptors (Lipinski definition) is 7. The first-order chi connectivity index (χ1) is 18.5. The van der Waals surface area contributed by atoms with Crippen LogP contribution in [0.3, 0.4) is 0 Å². The molecule has 0 saturated heterocycles. The molecule has 11 heteroatoms. The first-order valence-corrected chi connectivity index (χ1v) is 14.1. The van der Waals surface area contributed by atoms with Gasteiger partial charge in [0.05, 0.1) is 16.3 Å². The van der Waals surface area contributed by atoms with E-state index in [1.807, 2.05) is 40.2 Å². The molecular formula is C27H21FN6O2S2. The van der Waals surface area contributed by atoms with Crippen molar-refractivity contribution >= 4 is 43.0 Å². The molecule has 0 bridgehead atoms. The standard InChI is InChI=1S/C27H21FN6O2S2/c28-20-8-3-7-19(17-20)24-25(34-15-16-37-27(34)33-24)22-11-12-29-26(32-22)30-13-14-31-38(35,36)23-10-4-6-18-5-1-2-9-21(18)23/h1-12,15-17,31H,13-14H2,(H,29,30,32). The summed E-state index contributed by atoms with van der Waals surface area (Å²) in [5, 5.41) is 6.53. The van der Waals surface area contributed by atoms with Crippen LogP contribution < -0.4 is 10.0 Å². The second kappa shape index (κ2) is 9.93. The Kier molecular flexibility index (Phi) is 6.32. The molecular weight excluding hydrogens is 523 g/mol. The van der Waals surface area contributed by atoms with Gasteiger partial charge in [0.2, 0.25) is 16.0 Å². The molecule has 0 unspecified atom stereocenters. The summed E-state index contributed by atoms with van der Waals surface area (Å²) in [6.45, 7) is 0.402. The Morgan fingerprint density at radius 1 is 0.947 bits per heavy atom. The molecule has 8 nitrogen and oxygen atoms in total. The number of imidazole rings is 1. The first kappa shape index (κ1) is 24.2. The number of rotatable bonds is 8. The van der Waals surface area contributed by atoms with Gasteiger partial charge in [-0.3, -0.25) is 4.40 Å². The Morgan fingerprint density at radius 2 is 1.79 bits per heavy atom. The van der Waals surface area contributed by atoms with Gasteiger partial charge in [0.15, 0.2) is 4.96 Å². The second-order valence-corrected chi connectivity index (χ2v) is 11.1. The van der Waals surface area contributed by atoms with E-state index in [1.165, 1.54) is 23.5 Å². The van der Waals surface area contributed by atoms with Gasteiger partial charge in [0.1, 0.15) is 11.5 Å². The van der Waals surface area contributed by atoms with Crippen molar-refractivity contribution in [1.82, 2.24) is 24.1 Å². The molecule has 0 saturated carbocycles. The zero-order valence-electron chi connectivity index (χ0n) is 19.9. The summed E-state index contributed by atoms with van der Waals surface area (Å²) in [4.78, 5) is 14.6. The summed E-state index contributed by atoms with van der Waals surface area (Å²) in [7, 11) is -3.71. The minimum absolute atomic E-state index is 0.134. The van der Waals surface area contributed by atoms with Crippen LogP contribution in [0.4, 0.5) is 10.3 Å². The molecule has 0 aliphatic rings. The molecule has 0 aliphatic carbocycles. The Labute approximate surface area is 221 Å². The molecule has 0 aliphatic heterocycles. The number of thiazole rings is 1. The van der Waals surface area contributed by atoms with Gasteiger partial charge in [-0.1, -0.05) is 48.5 Å². The molecule has 0 radical (unpaired) electrons. The van der Waals surface area contributed by atoms with Crippen LogP contribution in [-0.4, -0.2) is 40.9 Å². The fraction of sp³-hybridized carbons (Fsp3) is 0.0741. The predicted molar refractivity (Wildman–Crippen MR) is 147 cm³/mol. The van der Waals surface area contributed by atoms with Gasteiger partial charge < -0.3 is 5.32 Å². The monoisotopic (exact) mass is 544 g/mol. The summed E-state index contributed by atoms with van der Waals surface area (Å²) in [5.41, 5.74) is 2.58. The van der Waals surface area contributed by atoms with Crippen molar-refractivity contribution in [3.05, 3.63) is 96.4 Å². The predicted octanol–water partition coefficient (Wildman–Crippen LogP) is 5.20. The van der Waals surface area contributed by atoms with E-state index in [0.717, 1.165) is 10.3 Å². The van der Waals surface area contributed by atoms with Crippen molar-refractivity contribution < 1.29 is 12.8 Å². The molecule has 3 heterocycles.